The first-order chi connectivity index (χ1) is 30.0. The maximum atomic E-state index is 15.5. The van der Waals surface area contributed by atoms with Gasteiger partial charge in [-0.1, -0.05) is 137 Å². The minimum absolute atomic E-state index is 0.0754. The molecule has 3 aromatic heterocycles. The number of ether oxygens (including phenoxy) is 2. The maximum Gasteiger partial charge on any atom is 0.356 e. The number of hydrogen-bond acceptors (Lipinski definition) is 9. The van der Waals surface area contributed by atoms with Crippen molar-refractivity contribution in [1.29, 1.82) is 0 Å². The van der Waals surface area contributed by atoms with Crippen molar-refractivity contribution in [2.75, 3.05) is 13.7 Å². The average molecular weight is 901 g/mol. The topological polar surface area (TPSA) is 112 Å². The monoisotopic (exact) mass is 900 g/mol. The lowest BCUT2D eigenvalue weighted by Gasteiger charge is -2.54. The second-order valence-corrected chi connectivity index (χ2v) is 26.8. The number of thiazole rings is 1. The molecule has 63 heavy (non-hydrogen) atoms. The Labute approximate surface area is 376 Å². The number of esters is 1. The summed E-state index contributed by atoms with van der Waals surface area (Å²) in [7, 11) is -0.802. The van der Waals surface area contributed by atoms with Gasteiger partial charge in [-0.05, 0) is 54.0 Å². The highest BCUT2D eigenvalue weighted by Gasteiger charge is 2.59. The molecule has 1 fully saturated rings. The Balaban J connectivity index is 1.47. The van der Waals surface area contributed by atoms with Crippen molar-refractivity contribution in [1.82, 2.24) is 19.3 Å². The van der Waals surface area contributed by atoms with Gasteiger partial charge in [-0.3, -0.25) is 19.0 Å². The van der Waals surface area contributed by atoms with Gasteiger partial charge < -0.3 is 18.8 Å². The molecule has 1 saturated heterocycles. The number of aromatic nitrogens is 3. The summed E-state index contributed by atoms with van der Waals surface area (Å²) >= 11 is 1.32. The van der Waals surface area contributed by atoms with Crippen molar-refractivity contribution in [2.45, 2.75) is 77.4 Å². The zero-order chi connectivity index (χ0) is 45.3. The number of benzene rings is 3. The molecular weight excluding hydrogens is 844 g/mol. The van der Waals surface area contributed by atoms with Crippen LogP contribution in [0, 0.1) is 11.8 Å². The predicted molar refractivity (Wildman–Crippen MR) is 257 cm³/mol. The highest BCUT2D eigenvalue weighted by atomic mass is 32.1. The molecule has 10 nitrogen and oxygen atoms in total. The van der Waals surface area contributed by atoms with E-state index in [1.807, 2.05) is 128 Å². The van der Waals surface area contributed by atoms with Gasteiger partial charge >= 0.3 is 5.97 Å². The lowest BCUT2D eigenvalue weighted by molar-refractivity contribution is -0.158. The van der Waals surface area contributed by atoms with E-state index in [0.29, 0.717) is 10.6 Å². The molecule has 6 aromatic rings. The molecule has 3 aromatic carbocycles. The number of pyridine rings is 1. The zero-order valence-corrected chi connectivity index (χ0v) is 40.2. The van der Waals surface area contributed by atoms with Crippen molar-refractivity contribution in [3.63, 3.8) is 0 Å². The number of imidazole rings is 1. The second kappa shape index (κ2) is 18.1. The Morgan fingerprint density at radius 1 is 0.905 bits per heavy atom. The first kappa shape index (κ1) is 45.8. The van der Waals surface area contributed by atoms with E-state index in [4.69, 9.17) is 18.9 Å². The maximum absolute atomic E-state index is 15.5. The van der Waals surface area contributed by atoms with Gasteiger partial charge in [0, 0.05) is 44.1 Å². The molecule has 0 saturated carbocycles. The van der Waals surface area contributed by atoms with E-state index >= 15 is 14.4 Å². The molecule has 1 aliphatic heterocycles. The molecule has 0 radical (unpaired) electrons. The van der Waals surface area contributed by atoms with Crippen molar-refractivity contribution in [3.05, 3.63) is 157 Å². The molecule has 4 heterocycles. The third-order valence-electron chi connectivity index (χ3n) is 12.9. The number of hydrogen-bond donors (Lipinski definition) is 0. The van der Waals surface area contributed by atoms with Gasteiger partial charge in [0.2, 0.25) is 5.91 Å². The van der Waals surface area contributed by atoms with E-state index in [1.165, 1.54) is 17.4 Å². The fourth-order valence-corrected chi connectivity index (χ4v) is 15.5. The summed E-state index contributed by atoms with van der Waals surface area (Å²) in [5, 5.41) is 2.42. The molecule has 0 aliphatic carbocycles. The normalized spacial score (nSPS) is 17.7. The fourth-order valence-electron chi connectivity index (χ4n) is 8.49. The van der Waals surface area contributed by atoms with Crippen molar-refractivity contribution in [3.8, 4) is 0 Å². The summed E-state index contributed by atoms with van der Waals surface area (Å²) in [6.07, 6.45) is 7.89. The van der Waals surface area contributed by atoms with Crippen LogP contribution < -0.4 is 15.9 Å². The number of methoxy groups -OCH3 is 1. The standard InChI is InChI=1S/C50H57N4O6PSSi/c1-11-30-59-48(57)46(61(37-23-15-12-16-24-37,38-25-17-13-18-26-38)39-27-19-14-20-28-39)54-42(41(45(54)56)35(3)60-63(9,10)49(4,5)6)34(2)43(55)40-32-53-33-52-44(47(53)62-40)50(7,58-8)36-22-21-29-51-31-36/h11-29,31-35,41-42H,1,30H2,2-10H3/t34-,35+,41-,42-,50?/m1/s1. The minimum atomic E-state index is -3.25. The Bertz CT molecular complexity index is 2560. The van der Waals surface area contributed by atoms with Crippen molar-refractivity contribution in [2.24, 2.45) is 11.8 Å². The van der Waals surface area contributed by atoms with Crippen LogP contribution in [0.3, 0.4) is 0 Å². The first-order valence-corrected chi connectivity index (χ1v) is 26.7. The van der Waals surface area contributed by atoms with E-state index in [-0.39, 0.29) is 28.8 Å². The molecule has 0 bridgehead atoms. The molecule has 7 rings (SSSR count). The summed E-state index contributed by atoms with van der Waals surface area (Å²) in [5.74, 6) is -2.66. The molecule has 5 atom stereocenters. The van der Waals surface area contributed by atoms with Crippen LogP contribution in [-0.2, 0) is 29.1 Å². The van der Waals surface area contributed by atoms with Crippen LogP contribution in [0.15, 0.2) is 141 Å². The fraction of sp³-hybridized carbons (Fsp3) is 0.320. The van der Waals surface area contributed by atoms with Gasteiger partial charge in [0.25, 0.3) is 0 Å². The second-order valence-electron chi connectivity index (χ2n) is 17.7. The molecular formula is C50H57N4O6PSSi. The van der Waals surface area contributed by atoms with Gasteiger partial charge in [0.05, 0.1) is 22.9 Å². The molecule has 1 unspecified atom stereocenters. The van der Waals surface area contributed by atoms with E-state index in [9.17, 15) is 0 Å². The van der Waals surface area contributed by atoms with Gasteiger partial charge in [0.15, 0.2) is 14.1 Å². The number of carbonyl (C=O) groups excluding carboxylic acids is 3. The van der Waals surface area contributed by atoms with Crippen molar-refractivity contribution >= 4 is 70.4 Å². The third-order valence-corrected chi connectivity index (χ3v) is 22.9. The Morgan fingerprint density at radius 3 is 1.97 bits per heavy atom. The van der Waals surface area contributed by atoms with Gasteiger partial charge in [-0.2, -0.15) is 0 Å². The Kier molecular flexibility index (Phi) is 13.2. The SMILES string of the molecule is C=CCOC(=O)C(N1C(=O)[C@H]([C@H](C)O[Si](C)(C)C(C)(C)C)[C@H]1[C@@H](C)C(=O)c1cn2cnc(C(C)(OC)c3cccnc3)c2s1)=P(c1ccccc1)(c1ccccc1)c1ccccc1. The number of likely N-dealkylation sites (tertiary alicyclic amines) is 1. The van der Waals surface area contributed by atoms with Gasteiger partial charge in [-0.15, -0.1) is 11.3 Å². The largest absolute Gasteiger partial charge is 0.457 e. The van der Waals surface area contributed by atoms with E-state index in [0.717, 1.165) is 26.3 Å². The first-order valence-electron chi connectivity index (χ1n) is 21.2. The number of rotatable bonds is 16. The van der Waals surface area contributed by atoms with Gasteiger partial charge in [-0.25, -0.2) is 9.78 Å². The summed E-state index contributed by atoms with van der Waals surface area (Å²) in [6.45, 7) is 17.1. The molecule has 0 N–H and O–H groups in total. The minimum Gasteiger partial charge on any atom is -0.457 e. The molecule has 1 amide bonds. The average Bonchev–Trinajstić information content (AvgIpc) is 3.89. The molecule has 1 aliphatic rings. The summed E-state index contributed by atoms with van der Waals surface area (Å²) in [6, 6.07) is 32.6. The van der Waals surface area contributed by atoms with Crippen LogP contribution in [0.2, 0.25) is 18.1 Å². The number of nitrogens with zero attached hydrogens (tertiary/aromatic N) is 4. The zero-order valence-electron chi connectivity index (χ0n) is 37.5. The highest BCUT2D eigenvalue weighted by Crippen LogP contribution is 2.51. The van der Waals surface area contributed by atoms with E-state index in [2.05, 4.69) is 45.4 Å². The molecule has 0 spiro atoms. The number of amides is 1. The molecule has 13 heteroatoms. The van der Waals surface area contributed by atoms with Crippen LogP contribution in [-0.4, -0.2) is 76.5 Å². The van der Waals surface area contributed by atoms with Gasteiger partial charge in [0.1, 0.15) is 34.5 Å². The summed E-state index contributed by atoms with van der Waals surface area (Å²) < 4.78 is 21.0. The number of ketones is 1. The van der Waals surface area contributed by atoms with E-state index < -0.39 is 50.8 Å². The molecule has 328 valence electrons. The lowest BCUT2D eigenvalue weighted by atomic mass is 9.75. The third kappa shape index (κ3) is 8.12. The van der Waals surface area contributed by atoms with Crippen LogP contribution in [0.4, 0.5) is 0 Å². The number of Topliss-reactive ketones (excluding diaryl/α,β-unsaturated/α-hetero) is 1. The number of carbonyl (C=O) groups is 3. The van der Waals surface area contributed by atoms with Crippen LogP contribution in [0.25, 0.3) is 4.83 Å². The lowest BCUT2D eigenvalue weighted by Crippen LogP contribution is -2.71. The predicted octanol–water partition coefficient (Wildman–Crippen LogP) is 8.61. The number of β-lactam (4-membered cyclic amide) rings is 1. The summed E-state index contributed by atoms with van der Waals surface area (Å²) in [5.41, 5.74) is 0.719. The van der Waals surface area contributed by atoms with Crippen LogP contribution in [0.5, 0.6) is 0 Å². The highest BCUT2D eigenvalue weighted by molar-refractivity contribution is 7.96. The summed E-state index contributed by atoms with van der Waals surface area (Å²) in [4.78, 5) is 57.9. The smallest absolute Gasteiger partial charge is 0.356 e. The Morgan fingerprint density at radius 2 is 1.48 bits per heavy atom. The van der Waals surface area contributed by atoms with Crippen LogP contribution >= 0.6 is 18.2 Å². The quantitative estimate of drug-likeness (QED) is 0.0237. The van der Waals surface area contributed by atoms with E-state index in [1.54, 1.807) is 36.9 Å². The number of fused-ring (bicyclic) bond motifs is 1. The van der Waals surface area contributed by atoms with Crippen molar-refractivity contribution < 1.29 is 28.3 Å². The van der Waals surface area contributed by atoms with Crippen LogP contribution in [0.1, 0.15) is 62.5 Å². The Hall–Kier alpha value is -5.23.